The van der Waals surface area contributed by atoms with Gasteiger partial charge in [0, 0.05) is 12.6 Å². The second-order valence-electron chi connectivity index (χ2n) is 5.55. The molecule has 0 atom stereocenters. The number of methoxy groups -OCH3 is 1. The van der Waals surface area contributed by atoms with Gasteiger partial charge < -0.3 is 9.84 Å². The standard InChI is InChI=1S/C16H23NO3/c1-17(13-6-4-3-5-7-13)11-12-8-9-14(16(18)19)15(10-12)20-2/h8-10,13H,3-7,11H2,1-2H3,(H,18,19). The Labute approximate surface area is 120 Å². The molecule has 0 unspecified atom stereocenters. The van der Waals surface area contributed by atoms with Gasteiger partial charge >= 0.3 is 5.97 Å². The van der Waals surface area contributed by atoms with Crippen molar-refractivity contribution in [3.05, 3.63) is 29.3 Å². The minimum absolute atomic E-state index is 0.219. The molecule has 0 spiro atoms. The van der Waals surface area contributed by atoms with Crippen molar-refractivity contribution in [2.24, 2.45) is 0 Å². The van der Waals surface area contributed by atoms with Crippen LogP contribution in [-0.2, 0) is 6.54 Å². The van der Waals surface area contributed by atoms with Crippen molar-refractivity contribution >= 4 is 5.97 Å². The minimum Gasteiger partial charge on any atom is -0.496 e. The van der Waals surface area contributed by atoms with Gasteiger partial charge in [-0.1, -0.05) is 25.3 Å². The third kappa shape index (κ3) is 3.51. The molecular weight excluding hydrogens is 254 g/mol. The molecular formula is C16H23NO3. The quantitative estimate of drug-likeness (QED) is 0.898. The van der Waals surface area contributed by atoms with Crippen LogP contribution in [0.3, 0.4) is 0 Å². The van der Waals surface area contributed by atoms with Gasteiger partial charge in [-0.25, -0.2) is 4.79 Å². The predicted octanol–water partition coefficient (Wildman–Crippen LogP) is 3.16. The van der Waals surface area contributed by atoms with Gasteiger partial charge in [0.05, 0.1) is 7.11 Å². The Bertz CT molecular complexity index is 467. The zero-order valence-electron chi connectivity index (χ0n) is 12.3. The van der Waals surface area contributed by atoms with E-state index in [4.69, 9.17) is 9.84 Å². The first-order valence-corrected chi connectivity index (χ1v) is 7.22. The van der Waals surface area contributed by atoms with E-state index >= 15 is 0 Å². The van der Waals surface area contributed by atoms with Crippen LogP contribution in [0, 0.1) is 0 Å². The Balaban J connectivity index is 2.07. The summed E-state index contributed by atoms with van der Waals surface area (Å²) in [6, 6.07) is 5.99. The van der Waals surface area contributed by atoms with Gasteiger partial charge in [-0.05, 0) is 37.6 Å². The summed E-state index contributed by atoms with van der Waals surface area (Å²) in [6.07, 6.45) is 6.51. The van der Waals surface area contributed by atoms with Gasteiger partial charge in [0.25, 0.3) is 0 Å². The molecule has 1 aliphatic carbocycles. The van der Waals surface area contributed by atoms with Crippen LogP contribution in [-0.4, -0.2) is 36.2 Å². The number of carboxylic acids is 1. The molecule has 0 radical (unpaired) electrons. The van der Waals surface area contributed by atoms with Crippen LogP contribution in [0.4, 0.5) is 0 Å². The van der Waals surface area contributed by atoms with Crippen LogP contribution < -0.4 is 4.74 Å². The summed E-state index contributed by atoms with van der Waals surface area (Å²) >= 11 is 0. The largest absolute Gasteiger partial charge is 0.496 e. The number of ether oxygens (including phenoxy) is 1. The second-order valence-corrected chi connectivity index (χ2v) is 5.55. The van der Waals surface area contributed by atoms with E-state index in [9.17, 15) is 4.79 Å². The SMILES string of the molecule is COc1cc(CN(C)C2CCCCC2)ccc1C(=O)O. The molecule has 0 heterocycles. The van der Waals surface area contributed by atoms with Crippen LogP contribution in [0.5, 0.6) is 5.75 Å². The molecule has 0 bridgehead atoms. The fraction of sp³-hybridized carbons (Fsp3) is 0.562. The first kappa shape index (κ1) is 14.9. The van der Waals surface area contributed by atoms with Crippen LogP contribution in [0.25, 0.3) is 0 Å². The van der Waals surface area contributed by atoms with E-state index in [-0.39, 0.29) is 5.56 Å². The summed E-state index contributed by atoms with van der Waals surface area (Å²) in [6.45, 7) is 0.834. The molecule has 1 aromatic carbocycles. The highest BCUT2D eigenvalue weighted by atomic mass is 16.5. The Morgan fingerprint density at radius 3 is 2.65 bits per heavy atom. The lowest BCUT2D eigenvalue weighted by Crippen LogP contribution is -2.32. The minimum atomic E-state index is -0.950. The van der Waals surface area contributed by atoms with Gasteiger partial charge in [0.15, 0.2) is 0 Å². The average molecular weight is 277 g/mol. The Kier molecular flexibility index (Phi) is 5.01. The maximum absolute atomic E-state index is 11.1. The third-order valence-corrected chi connectivity index (χ3v) is 4.13. The van der Waals surface area contributed by atoms with Gasteiger partial charge in [0.2, 0.25) is 0 Å². The molecule has 110 valence electrons. The topological polar surface area (TPSA) is 49.8 Å². The molecule has 20 heavy (non-hydrogen) atoms. The van der Waals surface area contributed by atoms with Crippen LogP contribution in [0.1, 0.15) is 48.0 Å². The summed E-state index contributed by atoms with van der Waals surface area (Å²) in [5.74, 6) is -0.513. The van der Waals surface area contributed by atoms with Crippen LogP contribution in [0.2, 0.25) is 0 Å². The summed E-state index contributed by atoms with van der Waals surface area (Å²) in [7, 11) is 3.66. The van der Waals surface area contributed by atoms with Crippen molar-refractivity contribution in [2.75, 3.05) is 14.2 Å². The number of hydrogen-bond donors (Lipinski definition) is 1. The predicted molar refractivity (Wildman–Crippen MR) is 78.3 cm³/mol. The Hall–Kier alpha value is -1.55. The summed E-state index contributed by atoms with van der Waals surface area (Å²) < 4.78 is 5.17. The number of nitrogens with zero attached hydrogens (tertiary/aromatic N) is 1. The van der Waals surface area contributed by atoms with Crippen molar-refractivity contribution in [1.29, 1.82) is 0 Å². The molecule has 1 saturated carbocycles. The molecule has 0 aliphatic heterocycles. The smallest absolute Gasteiger partial charge is 0.339 e. The zero-order chi connectivity index (χ0) is 14.5. The highest BCUT2D eigenvalue weighted by Crippen LogP contribution is 2.25. The van der Waals surface area contributed by atoms with E-state index in [0.29, 0.717) is 11.8 Å². The van der Waals surface area contributed by atoms with Gasteiger partial charge in [-0.3, -0.25) is 4.90 Å². The van der Waals surface area contributed by atoms with E-state index in [1.165, 1.54) is 39.2 Å². The first-order chi connectivity index (χ1) is 9.61. The highest BCUT2D eigenvalue weighted by Gasteiger charge is 2.19. The molecule has 0 aromatic heterocycles. The summed E-state index contributed by atoms with van der Waals surface area (Å²) in [5.41, 5.74) is 1.32. The first-order valence-electron chi connectivity index (χ1n) is 7.22. The van der Waals surface area contributed by atoms with Crippen molar-refractivity contribution in [3.63, 3.8) is 0 Å². The van der Waals surface area contributed by atoms with Crippen LogP contribution >= 0.6 is 0 Å². The number of rotatable bonds is 5. The zero-order valence-corrected chi connectivity index (χ0v) is 12.3. The molecule has 2 rings (SSSR count). The number of carbonyl (C=O) groups is 1. The Morgan fingerprint density at radius 2 is 2.05 bits per heavy atom. The van der Waals surface area contributed by atoms with Crippen molar-refractivity contribution in [2.45, 2.75) is 44.7 Å². The molecule has 4 nitrogen and oxygen atoms in total. The number of hydrogen-bond acceptors (Lipinski definition) is 3. The third-order valence-electron chi connectivity index (χ3n) is 4.13. The molecule has 1 aromatic rings. The fourth-order valence-corrected chi connectivity index (χ4v) is 2.95. The molecule has 1 fully saturated rings. The lowest BCUT2D eigenvalue weighted by atomic mass is 9.94. The van der Waals surface area contributed by atoms with Crippen LogP contribution in [0.15, 0.2) is 18.2 Å². The van der Waals surface area contributed by atoms with E-state index < -0.39 is 5.97 Å². The maximum Gasteiger partial charge on any atom is 0.339 e. The normalized spacial score (nSPS) is 16.4. The van der Waals surface area contributed by atoms with E-state index in [2.05, 4.69) is 11.9 Å². The molecule has 1 N–H and O–H groups in total. The van der Waals surface area contributed by atoms with Gasteiger partial charge in [0.1, 0.15) is 11.3 Å². The number of benzene rings is 1. The second kappa shape index (κ2) is 6.75. The van der Waals surface area contributed by atoms with Gasteiger partial charge in [-0.2, -0.15) is 0 Å². The molecule has 0 saturated heterocycles. The monoisotopic (exact) mass is 277 g/mol. The van der Waals surface area contributed by atoms with Gasteiger partial charge in [-0.15, -0.1) is 0 Å². The average Bonchev–Trinajstić information content (AvgIpc) is 2.47. The van der Waals surface area contributed by atoms with E-state index in [1.807, 2.05) is 12.1 Å². The lowest BCUT2D eigenvalue weighted by molar-refractivity contribution is 0.0693. The van der Waals surface area contributed by atoms with E-state index in [0.717, 1.165) is 12.1 Å². The van der Waals surface area contributed by atoms with E-state index in [1.54, 1.807) is 6.07 Å². The molecule has 4 heteroatoms. The summed E-state index contributed by atoms with van der Waals surface area (Å²) in [4.78, 5) is 13.4. The Morgan fingerprint density at radius 1 is 1.35 bits per heavy atom. The molecule has 1 aliphatic rings. The number of carboxylic acid groups (broad SMARTS) is 1. The fourth-order valence-electron chi connectivity index (χ4n) is 2.95. The van der Waals surface area contributed by atoms with Crippen molar-refractivity contribution in [1.82, 2.24) is 4.90 Å². The molecule has 0 amide bonds. The number of aromatic carboxylic acids is 1. The maximum atomic E-state index is 11.1. The van der Waals surface area contributed by atoms with Crippen molar-refractivity contribution in [3.8, 4) is 5.75 Å². The lowest BCUT2D eigenvalue weighted by Gasteiger charge is -2.31. The van der Waals surface area contributed by atoms with Crippen molar-refractivity contribution < 1.29 is 14.6 Å². The summed E-state index contributed by atoms with van der Waals surface area (Å²) in [5, 5.41) is 9.08. The highest BCUT2D eigenvalue weighted by molar-refractivity contribution is 5.90.